The predicted octanol–water partition coefficient (Wildman–Crippen LogP) is 3.12. The SMILES string of the molecule is CCCCN(C)C(=O)c1cc(C)nc(NCCC(C)C)n1. The number of amides is 1. The Kier molecular flexibility index (Phi) is 7.12. The van der Waals surface area contributed by atoms with Crippen LogP contribution in [0.15, 0.2) is 6.07 Å². The topological polar surface area (TPSA) is 58.1 Å². The van der Waals surface area contributed by atoms with Crippen LogP contribution in [0.25, 0.3) is 0 Å². The van der Waals surface area contributed by atoms with Crippen LogP contribution >= 0.6 is 0 Å². The van der Waals surface area contributed by atoms with E-state index >= 15 is 0 Å². The molecule has 1 rings (SSSR count). The number of anilines is 1. The number of nitrogens with one attached hydrogen (secondary N) is 1. The molecule has 0 fully saturated rings. The van der Waals surface area contributed by atoms with Crippen LogP contribution in [-0.4, -0.2) is 40.9 Å². The van der Waals surface area contributed by atoms with Gasteiger partial charge in [-0.2, -0.15) is 0 Å². The molecule has 1 heterocycles. The summed E-state index contributed by atoms with van der Waals surface area (Å²) in [6.45, 7) is 9.93. The Labute approximate surface area is 128 Å². The van der Waals surface area contributed by atoms with Crippen LogP contribution in [0, 0.1) is 12.8 Å². The fourth-order valence-corrected chi connectivity index (χ4v) is 1.92. The highest BCUT2D eigenvalue weighted by molar-refractivity contribution is 5.92. The van der Waals surface area contributed by atoms with Gasteiger partial charge in [0.2, 0.25) is 5.95 Å². The lowest BCUT2D eigenvalue weighted by molar-refractivity contribution is 0.0787. The number of hydrogen-bond donors (Lipinski definition) is 1. The number of rotatable bonds is 8. The van der Waals surface area contributed by atoms with E-state index in [-0.39, 0.29) is 5.91 Å². The van der Waals surface area contributed by atoms with Crippen LogP contribution in [0.2, 0.25) is 0 Å². The molecule has 21 heavy (non-hydrogen) atoms. The number of unbranched alkanes of at least 4 members (excludes halogenated alkanes) is 1. The molecule has 1 aromatic heterocycles. The highest BCUT2D eigenvalue weighted by Gasteiger charge is 2.14. The van der Waals surface area contributed by atoms with Gasteiger partial charge < -0.3 is 10.2 Å². The molecular weight excluding hydrogens is 264 g/mol. The molecule has 0 saturated carbocycles. The Hall–Kier alpha value is -1.65. The Morgan fingerprint density at radius 2 is 2.10 bits per heavy atom. The van der Waals surface area contributed by atoms with Crippen molar-refractivity contribution in [2.75, 3.05) is 25.5 Å². The molecule has 5 nitrogen and oxygen atoms in total. The van der Waals surface area contributed by atoms with Crippen molar-refractivity contribution in [1.82, 2.24) is 14.9 Å². The summed E-state index contributed by atoms with van der Waals surface area (Å²) in [6, 6.07) is 1.75. The highest BCUT2D eigenvalue weighted by atomic mass is 16.2. The lowest BCUT2D eigenvalue weighted by Gasteiger charge is -2.17. The summed E-state index contributed by atoms with van der Waals surface area (Å²) in [4.78, 5) is 22.8. The zero-order valence-corrected chi connectivity index (χ0v) is 13.9. The highest BCUT2D eigenvalue weighted by Crippen LogP contribution is 2.09. The lowest BCUT2D eigenvalue weighted by atomic mass is 10.1. The first-order chi connectivity index (χ1) is 9.93. The van der Waals surface area contributed by atoms with Crippen molar-refractivity contribution in [3.63, 3.8) is 0 Å². The zero-order valence-electron chi connectivity index (χ0n) is 13.9. The number of nitrogens with zero attached hydrogens (tertiary/aromatic N) is 3. The van der Waals surface area contributed by atoms with Crippen LogP contribution in [0.1, 0.15) is 56.2 Å². The summed E-state index contributed by atoms with van der Waals surface area (Å²) in [5.74, 6) is 1.13. The minimum atomic E-state index is -0.0409. The minimum absolute atomic E-state index is 0.0409. The Balaban J connectivity index is 2.74. The first-order valence-corrected chi connectivity index (χ1v) is 7.79. The summed E-state index contributed by atoms with van der Waals surface area (Å²) in [5, 5.41) is 3.20. The van der Waals surface area contributed by atoms with Crippen molar-refractivity contribution in [3.8, 4) is 0 Å². The van der Waals surface area contributed by atoms with Gasteiger partial charge in [-0.3, -0.25) is 4.79 Å². The monoisotopic (exact) mass is 292 g/mol. The van der Waals surface area contributed by atoms with Gasteiger partial charge in [0.25, 0.3) is 5.91 Å². The molecule has 0 bridgehead atoms. The van der Waals surface area contributed by atoms with Gasteiger partial charge in [-0.1, -0.05) is 27.2 Å². The van der Waals surface area contributed by atoms with E-state index in [2.05, 4.69) is 36.1 Å². The molecule has 0 atom stereocenters. The van der Waals surface area contributed by atoms with Crippen LogP contribution < -0.4 is 5.32 Å². The molecule has 1 amide bonds. The van der Waals surface area contributed by atoms with Crippen LogP contribution in [0.4, 0.5) is 5.95 Å². The first kappa shape index (κ1) is 17.4. The molecule has 0 unspecified atom stereocenters. The lowest BCUT2D eigenvalue weighted by Crippen LogP contribution is -2.29. The predicted molar refractivity (Wildman–Crippen MR) is 86.6 cm³/mol. The van der Waals surface area contributed by atoms with Crippen molar-refractivity contribution >= 4 is 11.9 Å². The van der Waals surface area contributed by atoms with E-state index in [1.807, 2.05) is 14.0 Å². The summed E-state index contributed by atoms with van der Waals surface area (Å²) in [7, 11) is 1.82. The third-order valence-corrected chi connectivity index (χ3v) is 3.27. The van der Waals surface area contributed by atoms with E-state index in [1.54, 1.807) is 11.0 Å². The smallest absolute Gasteiger partial charge is 0.272 e. The van der Waals surface area contributed by atoms with Gasteiger partial charge in [0, 0.05) is 25.8 Å². The average Bonchev–Trinajstić information content (AvgIpc) is 2.42. The maximum Gasteiger partial charge on any atom is 0.272 e. The molecule has 0 radical (unpaired) electrons. The molecule has 1 N–H and O–H groups in total. The number of carbonyl (C=O) groups excluding carboxylic acids is 1. The van der Waals surface area contributed by atoms with Gasteiger partial charge in [0.05, 0.1) is 0 Å². The van der Waals surface area contributed by atoms with Gasteiger partial charge >= 0.3 is 0 Å². The quantitative estimate of drug-likeness (QED) is 0.800. The van der Waals surface area contributed by atoms with Gasteiger partial charge in [-0.05, 0) is 31.7 Å². The Bertz CT molecular complexity index is 460. The largest absolute Gasteiger partial charge is 0.354 e. The van der Waals surface area contributed by atoms with Gasteiger partial charge in [0.15, 0.2) is 0 Å². The zero-order chi connectivity index (χ0) is 15.8. The third kappa shape index (κ3) is 6.10. The van der Waals surface area contributed by atoms with Gasteiger partial charge in [-0.25, -0.2) is 9.97 Å². The third-order valence-electron chi connectivity index (χ3n) is 3.27. The second-order valence-corrected chi connectivity index (χ2v) is 5.91. The van der Waals surface area contributed by atoms with Crippen molar-refractivity contribution in [3.05, 3.63) is 17.5 Å². The fourth-order valence-electron chi connectivity index (χ4n) is 1.92. The minimum Gasteiger partial charge on any atom is -0.354 e. The number of aromatic nitrogens is 2. The van der Waals surface area contributed by atoms with Crippen molar-refractivity contribution < 1.29 is 4.79 Å². The maximum atomic E-state index is 12.3. The average molecular weight is 292 g/mol. The van der Waals surface area contributed by atoms with Gasteiger partial charge in [-0.15, -0.1) is 0 Å². The van der Waals surface area contributed by atoms with E-state index < -0.39 is 0 Å². The van der Waals surface area contributed by atoms with E-state index in [0.717, 1.165) is 38.0 Å². The first-order valence-electron chi connectivity index (χ1n) is 7.79. The van der Waals surface area contributed by atoms with Crippen LogP contribution in [-0.2, 0) is 0 Å². The van der Waals surface area contributed by atoms with Crippen LogP contribution in [0.3, 0.4) is 0 Å². The fraction of sp³-hybridized carbons (Fsp3) is 0.688. The van der Waals surface area contributed by atoms with E-state index in [9.17, 15) is 4.79 Å². The van der Waals surface area contributed by atoms with Crippen LogP contribution in [0.5, 0.6) is 0 Å². The number of aryl methyl sites for hydroxylation is 1. The molecule has 118 valence electrons. The molecular formula is C16H28N4O. The summed E-state index contributed by atoms with van der Waals surface area (Å²) in [5.41, 5.74) is 1.28. The second kappa shape index (κ2) is 8.60. The normalized spacial score (nSPS) is 10.8. The standard InChI is InChI=1S/C16H28N4O/c1-6-7-10-20(5)15(21)14-11-13(4)18-16(19-14)17-9-8-12(2)3/h11-12H,6-10H2,1-5H3,(H,17,18,19). The molecule has 0 aliphatic carbocycles. The second-order valence-electron chi connectivity index (χ2n) is 5.91. The molecule has 0 aliphatic rings. The van der Waals surface area contributed by atoms with Crippen molar-refractivity contribution in [1.29, 1.82) is 0 Å². The maximum absolute atomic E-state index is 12.3. The molecule has 0 aromatic carbocycles. The molecule has 0 spiro atoms. The summed E-state index contributed by atoms with van der Waals surface area (Å²) < 4.78 is 0. The van der Waals surface area contributed by atoms with Gasteiger partial charge in [0.1, 0.15) is 5.69 Å². The number of carbonyl (C=O) groups is 1. The molecule has 0 aliphatic heterocycles. The van der Waals surface area contributed by atoms with Crippen molar-refractivity contribution in [2.24, 2.45) is 5.92 Å². The van der Waals surface area contributed by atoms with E-state index in [0.29, 0.717) is 17.6 Å². The van der Waals surface area contributed by atoms with E-state index in [4.69, 9.17) is 0 Å². The van der Waals surface area contributed by atoms with E-state index in [1.165, 1.54) is 0 Å². The Morgan fingerprint density at radius 1 is 1.38 bits per heavy atom. The molecule has 5 heteroatoms. The molecule has 0 saturated heterocycles. The summed E-state index contributed by atoms with van der Waals surface area (Å²) >= 11 is 0. The Morgan fingerprint density at radius 3 is 2.71 bits per heavy atom. The summed E-state index contributed by atoms with van der Waals surface area (Å²) in [6.07, 6.45) is 3.13. The van der Waals surface area contributed by atoms with Crippen molar-refractivity contribution in [2.45, 2.75) is 47.0 Å². The molecule has 1 aromatic rings. The number of hydrogen-bond acceptors (Lipinski definition) is 4.